The molecule has 0 aliphatic heterocycles. The van der Waals surface area contributed by atoms with Gasteiger partial charge in [-0.25, -0.2) is 4.79 Å². The van der Waals surface area contributed by atoms with Crippen LogP contribution in [0.5, 0.6) is 0 Å². The van der Waals surface area contributed by atoms with Gasteiger partial charge in [0.2, 0.25) is 5.91 Å². The summed E-state index contributed by atoms with van der Waals surface area (Å²) in [4.78, 5) is 22.5. The molecule has 0 saturated carbocycles. The van der Waals surface area contributed by atoms with Gasteiger partial charge in [0, 0.05) is 17.8 Å². The normalized spacial score (nSPS) is 10.7. The molecule has 0 atom stereocenters. The topological polar surface area (TPSA) is 55.4 Å². The van der Waals surface area contributed by atoms with Crippen molar-refractivity contribution in [3.63, 3.8) is 0 Å². The molecule has 96 valence electrons. The first-order valence-corrected chi connectivity index (χ1v) is 5.70. The number of nitrogens with one attached hydrogen (secondary N) is 1. The number of carbonyl (C=O) groups excluding carboxylic acids is 2. The van der Waals surface area contributed by atoms with Crippen molar-refractivity contribution in [2.45, 2.75) is 19.8 Å². The lowest BCUT2D eigenvalue weighted by atomic mass is 10.0. The lowest BCUT2D eigenvalue weighted by Gasteiger charge is -2.12. The first-order chi connectivity index (χ1) is 8.54. The Morgan fingerprint density at radius 3 is 2.50 bits per heavy atom. The van der Waals surface area contributed by atoms with Gasteiger partial charge in [-0.1, -0.05) is 32.0 Å². The molecular formula is C14H17NO3. The first-order valence-electron chi connectivity index (χ1n) is 5.70. The van der Waals surface area contributed by atoms with E-state index in [0.29, 0.717) is 5.92 Å². The molecule has 1 aromatic rings. The smallest absolute Gasteiger partial charge is 0.330 e. The van der Waals surface area contributed by atoms with Gasteiger partial charge in [0.25, 0.3) is 0 Å². The summed E-state index contributed by atoms with van der Waals surface area (Å²) in [6.07, 6.45) is 2.25. The standard InChI is InChI=1S/C14H17NO3/c1-10(2)11-6-4-5-7-12(11)15-13(16)8-9-14(17)18-3/h4-10H,1-3H3,(H,15,16)/b9-8-. The number of para-hydroxylation sites is 1. The molecule has 0 saturated heterocycles. The van der Waals surface area contributed by atoms with Gasteiger partial charge in [0.15, 0.2) is 0 Å². The van der Waals surface area contributed by atoms with Gasteiger partial charge in [-0.2, -0.15) is 0 Å². The van der Waals surface area contributed by atoms with E-state index in [1.807, 2.05) is 24.3 Å². The minimum Gasteiger partial charge on any atom is -0.466 e. The van der Waals surface area contributed by atoms with Crippen molar-refractivity contribution >= 4 is 17.6 Å². The van der Waals surface area contributed by atoms with Crippen molar-refractivity contribution in [1.29, 1.82) is 0 Å². The Morgan fingerprint density at radius 1 is 1.22 bits per heavy atom. The summed E-state index contributed by atoms with van der Waals surface area (Å²) in [6.45, 7) is 4.10. The number of ether oxygens (including phenoxy) is 1. The van der Waals surface area contributed by atoms with E-state index in [1.165, 1.54) is 7.11 Å². The van der Waals surface area contributed by atoms with E-state index < -0.39 is 5.97 Å². The van der Waals surface area contributed by atoms with Crippen LogP contribution >= 0.6 is 0 Å². The molecule has 0 spiro atoms. The predicted molar refractivity (Wildman–Crippen MR) is 70.3 cm³/mol. The molecule has 18 heavy (non-hydrogen) atoms. The van der Waals surface area contributed by atoms with Crippen LogP contribution in [0.2, 0.25) is 0 Å². The van der Waals surface area contributed by atoms with Crippen molar-refractivity contribution < 1.29 is 14.3 Å². The van der Waals surface area contributed by atoms with Gasteiger partial charge < -0.3 is 10.1 Å². The number of hydrogen-bond acceptors (Lipinski definition) is 3. The van der Waals surface area contributed by atoms with E-state index in [4.69, 9.17) is 0 Å². The highest BCUT2D eigenvalue weighted by molar-refractivity contribution is 6.02. The Kier molecular flexibility index (Phi) is 5.11. The summed E-state index contributed by atoms with van der Waals surface area (Å²) >= 11 is 0. The highest BCUT2D eigenvalue weighted by atomic mass is 16.5. The fraction of sp³-hybridized carbons (Fsp3) is 0.286. The fourth-order valence-electron chi connectivity index (χ4n) is 1.50. The third kappa shape index (κ3) is 4.05. The van der Waals surface area contributed by atoms with Crippen molar-refractivity contribution in [2.24, 2.45) is 0 Å². The van der Waals surface area contributed by atoms with Crippen LogP contribution in [-0.4, -0.2) is 19.0 Å². The van der Waals surface area contributed by atoms with Gasteiger partial charge in [0.1, 0.15) is 0 Å². The summed E-state index contributed by atoms with van der Waals surface area (Å²) in [5.74, 6) is -0.595. The second-order valence-corrected chi connectivity index (χ2v) is 4.09. The Labute approximate surface area is 107 Å². The van der Waals surface area contributed by atoms with Crippen LogP contribution in [0.1, 0.15) is 25.3 Å². The molecule has 0 aromatic heterocycles. The minimum atomic E-state index is -0.553. The van der Waals surface area contributed by atoms with E-state index in [-0.39, 0.29) is 5.91 Å². The van der Waals surface area contributed by atoms with Gasteiger partial charge >= 0.3 is 5.97 Å². The third-order valence-corrected chi connectivity index (χ3v) is 2.41. The van der Waals surface area contributed by atoms with E-state index >= 15 is 0 Å². The Bertz CT molecular complexity index is 464. The van der Waals surface area contributed by atoms with Crippen molar-refractivity contribution in [2.75, 3.05) is 12.4 Å². The van der Waals surface area contributed by atoms with E-state index in [2.05, 4.69) is 23.9 Å². The minimum absolute atomic E-state index is 0.311. The molecule has 0 aliphatic carbocycles. The number of esters is 1. The zero-order valence-corrected chi connectivity index (χ0v) is 10.8. The monoisotopic (exact) mass is 247 g/mol. The maximum atomic E-state index is 11.6. The van der Waals surface area contributed by atoms with Crippen LogP contribution in [0.4, 0.5) is 5.69 Å². The zero-order chi connectivity index (χ0) is 13.5. The Balaban J connectivity index is 2.76. The molecule has 1 rings (SSSR count). The molecule has 4 nitrogen and oxygen atoms in total. The molecular weight excluding hydrogens is 230 g/mol. The average Bonchev–Trinajstić information content (AvgIpc) is 2.36. The summed E-state index contributed by atoms with van der Waals surface area (Å²) in [5, 5.41) is 2.74. The van der Waals surface area contributed by atoms with Crippen molar-refractivity contribution in [1.82, 2.24) is 0 Å². The fourth-order valence-corrected chi connectivity index (χ4v) is 1.50. The van der Waals surface area contributed by atoms with E-state index in [1.54, 1.807) is 0 Å². The number of carbonyl (C=O) groups is 2. The number of methoxy groups -OCH3 is 1. The van der Waals surface area contributed by atoms with Gasteiger partial charge in [-0.05, 0) is 17.5 Å². The Hall–Kier alpha value is -2.10. The summed E-state index contributed by atoms with van der Waals surface area (Å²) in [6, 6.07) is 7.57. The Morgan fingerprint density at radius 2 is 1.89 bits per heavy atom. The molecule has 0 bridgehead atoms. The van der Waals surface area contributed by atoms with Gasteiger partial charge in [0.05, 0.1) is 7.11 Å². The first kappa shape index (κ1) is 14.0. The zero-order valence-electron chi connectivity index (χ0n) is 10.8. The lowest BCUT2D eigenvalue weighted by Crippen LogP contribution is -2.11. The van der Waals surface area contributed by atoms with Crippen LogP contribution in [0.15, 0.2) is 36.4 Å². The van der Waals surface area contributed by atoms with Crippen molar-refractivity contribution in [3.8, 4) is 0 Å². The van der Waals surface area contributed by atoms with Crippen molar-refractivity contribution in [3.05, 3.63) is 42.0 Å². The maximum absolute atomic E-state index is 11.6. The van der Waals surface area contributed by atoms with E-state index in [0.717, 1.165) is 23.4 Å². The number of hydrogen-bond donors (Lipinski definition) is 1. The molecule has 4 heteroatoms. The van der Waals surface area contributed by atoms with E-state index in [9.17, 15) is 9.59 Å². The largest absolute Gasteiger partial charge is 0.466 e. The van der Waals surface area contributed by atoms with Gasteiger partial charge in [-0.15, -0.1) is 0 Å². The highest BCUT2D eigenvalue weighted by Gasteiger charge is 2.07. The number of benzene rings is 1. The van der Waals surface area contributed by atoms with Crippen LogP contribution in [0, 0.1) is 0 Å². The number of anilines is 1. The lowest BCUT2D eigenvalue weighted by molar-refractivity contribution is -0.135. The number of amides is 1. The molecule has 1 N–H and O–H groups in total. The summed E-state index contributed by atoms with van der Waals surface area (Å²) < 4.78 is 4.41. The maximum Gasteiger partial charge on any atom is 0.330 e. The molecule has 1 amide bonds. The average molecular weight is 247 g/mol. The van der Waals surface area contributed by atoms with Crippen LogP contribution in [-0.2, 0) is 14.3 Å². The second-order valence-electron chi connectivity index (χ2n) is 4.09. The predicted octanol–water partition coefficient (Wildman–Crippen LogP) is 2.48. The van der Waals surface area contributed by atoms with Gasteiger partial charge in [-0.3, -0.25) is 4.79 Å². The second kappa shape index (κ2) is 6.59. The number of rotatable bonds is 4. The molecule has 0 heterocycles. The SMILES string of the molecule is COC(=O)/C=C\C(=O)Nc1ccccc1C(C)C. The summed E-state index contributed by atoms with van der Waals surface area (Å²) in [7, 11) is 1.26. The molecule has 0 aliphatic rings. The van der Waals surface area contributed by atoms with Crippen LogP contribution in [0.25, 0.3) is 0 Å². The summed E-state index contributed by atoms with van der Waals surface area (Å²) in [5.41, 5.74) is 1.81. The molecule has 0 radical (unpaired) electrons. The van der Waals surface area contributed by atoms with Crippen LogP contribution in [0.3, 0.4) is 0 Å². The van der Waals surface area contributed by atoms with Crippen LogP contribution < -0.4 is 5.32 Å². The third-order valence-electron chi connectivity index (χ3n) is 2.41. The quantitative estimate of drug-likeness (QED) is 0.657. The molecule has 1 aromatic carbocycles. The molecule has 0 fully saturated rings. The molecule has 0 unspecified atom stereocenters. The highest BCUT2D eigenvalue weighted by Crippen LogP contribution is 2.23.